The van der Waals surface area contributed by atoms with E-state index in [0.717, 1.165) is 54.9 Å². The number of nitrogens with zero attached hydrogens (tertiary/aromatic N) is 3. The van der Waals surface area contributed by atoms with Gasteiger partial charge in [0.15, 0.2) is 5.82 Å². The van der Waals surface area contributed by atoms with E-state index in [-0.39, 0.29) is 23.5 Å². The highest BCUT2D eigenvalue weighted by molar-refractivity contribution is 7.99. The summed E-state index contributed by atoms with van der Waals surface area (Å²) < 4.78 is 0. The third-order valence-corrected chi connectivity index (χ3v) is 6.82. The highest BCUT2D eigenvalue weighted by Gasteiger charge is 2.30. The number of hydrogen-bond acceptors (Lipinski definition) is 6. The van der Waals surface area contributed by atoms with Crippen LogP contribution in [0, 0.1) is 19.8 Å². The zero-order chi connectivity index (χ0) is 21.8. The third-order valence-electron chi connectivity index (χ3n) is 5.90. The molecule has 1 aliphatic heterocycles. The van der Waals surface area contributed by atoms with E-state index in [1.807, 2.05) is 44.2 Å². The molecular weight excluding hydrogens is 410 g/mol. The number of thioether (sulfide) groups is 1. The van der Waals surface area contributed by atoms with Crippen molar-refractivity contribution >= 4 is 35.1 Å². The second kappa shape index (κ2) is 9.68. The first-order valence-corrected chi connectivity index (χ1v) is 11.9. The fraction of sp³-hybridized carbons (Fsp3) is 0.478. The van der Waals surface area contributed by atoms with E-state index >= 15 is 0 Å². The van der Waals surface area contributed by atoms with Crippen LogP contribution in [-0.4, -0.2) is 46.9 Å². The predicted octanol–water partition coefficient (Wildman–Crippen LogP) is 3.32. The van der Waals surface area contributed by atoms with Crippen LogP contribution in [0.4, 0.5) is 11.5 Å². The van der Waals surface area contributed by atoms with Crippen LogP contribution in [0.15, 0.2) is 35.4 Å². The van der Waals surface area contributed by atoms with E-state index in [2.05, 4.69) is 25.7 Å². The molecule has 0 spiro atoms. The van der Waals surface area contributed by atoms with Crippen molar-refractivity contribution in [2.75, 3.05) is 29.1 Å². The van der Waals surface area contributed by atoms with Crippen LogP contribution in [0.5, 0.6) is 0 Å². The molecule has 0 bridgehead atoms. The molecule has 2 amide bonds. The van der Waals surface area contributed by atoms with Gasteiger partial charge in [-0.1, -0.05) is 23.9 Å². The number of aromatic nitrogens is 2. The van der Waals surface area contributed by atoms with Crippen LogP contribution >= 0.6 is 11.8 Å². The van der Waals surface area contributed by atoms with Gasteiger partial charge in [-0.25, -0.2) is 0 Å². The molecule has 164 valence electrons. The molecule has 0 radical (unpaired) electrons. The second-order valence-corrected chi connectivity index (χ2v) is 9.38. The van der Waals surface area contributed by atoms with E-state index in [9.17, 15) is 9.59 Å². The minimum absolute atomic E-state index is 0.0129. The van der Waals surface area contributed by atoms with E-state index < -0.39 is 0 Å². The second-order valence-electron chi connectivity index (χ2n) is 8.38. The summed E-state index contributed by atoms with van der Waals surface area (Å²) in [5.74, 6) is 1.17. The zero-order valence-corrected chi connectivity index (χ0v) is 18.9. The Morgan fingerprint density at radius 2 is 1.97 bits per heavy atom. The first-order chi connectivity index (χ1) is 15.0. The number of benzene rings is 1. The summed E-state index contributed by atoms with van der Waals surface area (Å²) in [7, 11) is 0. The van der Waals surface area contributed by atoms with Gasteiger partial charge < -0.3 is 15.5 Å². The quantitative estimate of drug-likeness (QED) is 0.644. The fourth-order valence-corrected chi connectivity index (χ4v) is 4.33. The van der Waals surface area contributed by atoms with Crippen LogP contribution in [0.25, 0.3) is 0 Å². The van der Waals surface area contributed by atoms with Gasteiger partial charge in [0.25, 0.3) is 0 Å². The number of aryl methyl sites for hydroxylation is 1. The molecule has 0 unspecified atom stereocenters. The smallest absolute Gasteiger partial charge is 0.234 e. The van der Waals surface area contributed by atoms with E-state index in [4.69, 9.17) is 0 Å². The normalized spacial score (nSPS) is 18.5. The first kappa shape index (κ1) is 21.6. The highest BCUT2D eigenvalue weighted by Crippen LogP contribution is 2.25. The van der Waals surface area contributed by atoms with Gasteiger partial charge in [0, 0.05) is 24.8 Å². The van der Waals surface area contributed by atoms with Gasteiger partial charge >= 0.3 is 0 Å². The van der Waals surface area contributed by atoms with Crippen molar-refractivity contribution < 1.29 is 9.59 Å². The van der Waals surface area contributed by atoms with Crippen LogP contribution in [0.1, 0.15) is 36.8 Å². The lowest BCUT2D eigenvalue weighted by Crippen LogP contribution is -2.44. The number of hydrogen-bond donors (Lipinski definition) is 2. The monoisotopic (exact) mass is 439 g/mol. The predicted molar refractivity (Wildman–Crippen MR) is 123 cm³/mol. The lowest BCUT2D eigenvalue weighted by Gasteiger charge is -2.32. The standard InChI is InChI=1S/C23H29N5O2S/c1-15-5-3-7-19(16(15)2)25-21(29)14-31-22-11-10-20(26-27-22)28-12-4-6-17(13-28)23(30)24-18-8-9-18/h3,5,7,10-11,17-18H,4,6,8-9,12-14H2,1-2H3,(H,24,30)(H,25,29)/t17-/m1/s1. The Hall–Kier alpha value is -2.61. The molecule has 2 aliphatic rings. The zero-order valence-electron chi connectivity index (χ0n) is 18.1. The molecule has 7 nitrogen and oxygen atoms in total. The van der Waals surface area contributed by atoms with Gasteiger partial charge in [-0.15, -0.1) is 10.2 Å². The third kappa shape index (κ3) is 5.76. The average Bonchev–Trinajstić information content (AvgIpc) is 3.60. The number of carbonyl (C=O) groups excluding carboxylic acids is 2. The molecule has 8 heteroatoms. The van der Waals surface area contributed by atoms with Gasteiger partial charge in [0.2, 0.25) is 11.8 Å². The van der Waals surface area contributed by atoms with Crippen molar-refractivity contribution in [2.24, 2.45) is 5.92 Å². The number of piperidine rings is 1. The molecule has 1 aromatic heterocycles. The minimum atomic E-state index is -0.0647. The van der Waals surface area contributed by atoms with E-state index in [1.165, 1.54) is 11.8 Å². The molecule has 2 fully saturated rings. The van der Waals surface area contributed by atoms with Crippen molar-refractivity contribution in [3.05, 3.63) is 41.5 Å². The Morgan fingerprint density at radius 3 is 2.71 bits per heavy atom. The molecule has 2 aromatic rings. The Kier molecular flexibility index (Phi) is 6.75. The van der Waals surface area contributed by atoms with Crippen molar-refractivity contribution in [3.63, 3.8) is 0 Å². The van der Waals surface area contributed by atoms with Gasteiger partial charge in [-0.3, -0.25) is 9.59 Å². The Balaban J connectivity index is 1.28. The number of nitrogens with one attached hydrogen (secondary N) is 2. The molecule has 1 atom stereocenters. The molecule has 2 N–H and O–H groups in total. The van der Waals surface area contributed by atoms with Crippen molar-refractivity contribution in [1.29, 1.82) is 0 Å². The van der Waals surface area contributed by atoms with Crippen molar-refractivity contribution in [1.82, 2.24) is 15.5 Å². The summed E-state index contributed by atoms with van der Waals surface area (Å²) in [6, 6.07) is 10.1. The van der Waals surface area contributed by atoms with Crippen LogP contribution in [0.3, 0.4) is 0 Å². The van der Waals surface area contributed by atoms with Gasteiger partial charge in [0.05, 0.1) is 11.7 Å². The number of carbonyl (C=O) groups is 2. The maximum atomic E-state index is 12.4. The largest absolute Gasteiger partial charge is 0.354 e. The molecule has 1 saturated carbocycles. The fourth-order valence-electron chi connectivity index (χ4n) is 3.72. The Bertz CT molecular complexity index is 945. The Morgan fingerprint density at radius 1 is 1.13 bits per heavy atom. The number of anilines is 2. The first-order valence-electron chi connectivity index (χ1n) is 10.9. The topological polar surface area (TPSA) is 87.2 Å². The molecule has 1 aromatic carbocycles. The molecular formula is C23H29N5O2S. The SMILES string of the molecule is Cc1cccc(NC(=O)CSc2ccc(N3CCC[C@@H](C(=O)NC4CC4)C3)nn2)c1C. The van der Waals surface area contributed by atoms with Gasteiger partial charge in [-0.05, 0) is 68.9 Å². The average molecular weight is 440 g/mol. The highest BCUT2D eigenvalue weighted by atomic mass is 32.2. The Labute approximate surface area is 187 Å². The lowest BCUT2D eigenvalue weighted by molar-refractivity contribution is -0.125. The van der Waals surface area contributed by atoms with Crippen LogP contribution < -0.4 is 15.5 Å². The van der Waals surface area contributed by atoms with Crippen LogP contribution in [0.2, 0.25) is 0 Å². The van der Waals surface area contributed by atoms with Crippen molar-refractivity contribution in [2.45, 2.75) is 50.6 Å². The van der Waals surface area contributed by atoms with Crippen LogP contribution in [-0.2, 0) is 9.59 Å². The minimum Gasteiger partial charge on any atom is -0.354 e. The maximum Gasteiger partial charge on any atom is 0.234 e. The number of amides is 2. The van der Waals surface area contributed by atoms with E-state index in [1.54, 1.807) is 0 Å². The molecule has 4 rings (SSSR count). The molecule has 1 saturated heterocycles. The summed E-state index contributed by atoms with van der Waals surface area (Å²) in [5.41, 5.74) is 3.07. The summed E-state index contributed by atoms with van der Waals surface area (Å²) in [6.07, 6.45) is 4.11. The van der Waals surface area contributed by atoms with Crippen molar-refractivity contribution in [3.8, 4) is 0 Å². The van der Waals surface area contributed by atoms with E-state index in [0.29, 0.717) is 17.6 Å². The summed E-state index contributed by atoms with van der Waals surface area (Å²) >= 11 is 1.36. The van der Waals surface area contributed by atoms with Gasteiger partial charge in [0.1, 0.15) is 5.03 Å². The summed E-state index contributed by atoms with van der Waals surface area (Å²) in [6.45, 7) is 5.59. The molecule has 1 aliphatic carbocycles. The molecule has 31 heavy (non-hydrogen) atoms. The number of rotatable bonds is 7. The maximum absolute atomic E-state index is 12.4. The summed E-state index contributed by atoms with van der Waals surface area (Å²) in [4.78, 5) is 26.8. The molecule has 2 heterocycles. The lowest BCUT2D eigenvalue weighted by atomic mass is 9.97. The summed E-state index contributed by atoms with van der Waals surface area (Å²) in [5, 5.41) is 15.4. The van der Waals surface area contributed by atoms with Gasteiger partial charge in [-0.2, -0.15) is 0 Å².